The maximum absolute atomic E-state index is 12.4. The third-order valence-electron chi connectivity index (χ3n) is 5.18. The molecule has 1 aromatic carbocycles. The molecule has 1 saturated carbocycles. The highest BCUT2D eigenvalue weighted by atomic mass is 16.1. The fourth-order valence-corrected chi connectivity index (χ4v) is 4.49. The molecule has 3 heterocycles. The second kappa shape index (κ2) is 5.02. The molecule has 1 amide bonds. The summed E-state index contributed by atoms with van der Waals surface area (Å²) in [6.45, 7) is 3.42. The van der Waals surface area contributed by atoms with E-state index in [2.05, 4.69) is 10.2 Å². The number of hydrogen-bond acceptors (Lipinski definition) is 2. The van der Waals surface area contributed by atoms with Crippen LogP contribution in [0.3, 0.4) is 0 Å². The fourth-order valence-electron chi connectivity index (χ4n) is 4.49. The molecule has 3 aliphatic heterocycles. The van der Waals surface area contributed by atoms with Crippen LogP contribution in [0.1, 0.15) is 12.8 Å². The van der Waals surface area contributed by atoms with Crippen molar-refractivity contribution in [3.63, 3.8) is 0 Å². The Labute approximate surface area is 126 Å². The first-order valence-electron chi connectivity index (χ1n) is 7.79. The first kappa shape index (κ1) is 13.1. The first-order valence-corrected chi connectivity index (χ1v) is 7.79. The van der Waals surface area contributed by atoms with Crippen molar-refractivity contribution in [3.8, 4) is 0 Å². The molecule has 2 atom stereocenters. The van der Waals surface area contributed by atoms with Crippen LogP contribution in [-0.2, 0) is 4.79 Å². The van der Waals surface area contributed by atoms with E-state index in [4.69, 9.17) is 7.85 Å². The zero-order chi connectivity index (χ0) is 14.4. The lowest BCUT2D eigenvalue weighted by Gasteiger charge is -2.53. The van der Waals surface area contributed by atoms with E-state index in [0.717, 1.165) is 24.7 Å². The molecular weight excluding hydrogens is 259 g/mol. The Morgan fingerprint density at radius 1 is 1.10 bits per heavy atom. The molecule has 21 heavy (non-hydrogen) atoms. The highest BCUT2D eigenvalue weighted by Gasteiger charge is 2.45. The number of rotatable bonds is 2. The van der Waals surface area contributed by atoms with E-state index in [-0.39, 0.29) is 5.91 Å². The molecule has 3 nitrogen and oxygen atoms in total. The number of piperidine rings is 3. The largest absolute Gasteiger partial charge is 0.323 e. The van der Waals surface area contributed by atoms with Gasteiger partial charge in [-0.1, -0.05) is 23.8 Å². The maximum Gasteiger partial charge on any atom is 0.241 e. The van der Waals surface area contributed by atoms with Crippen LogP contribution in [0.5, 0.6) is 0 Å². The van der Waals surface area contributed by atoms with Crippen LogP contribution in [0.15, 0.2) is 41.4 Å². The third kappa shape index (κ3) is 2.32. The molecule has 4 bridgehead atoms. The van der Waals surface area contributed by atoms with Gasteiger partial charge < -0.3 is 10.2 Å². The Morgan fingerprint density at radius 3 is 2.38 bits per heavy atom. The predicted molar refractivity (Wildman–Crippen MR) is 84.0 cm³/mol. The SMILES string of the molecule is [B]C(C(=O)Nc1ccccc1)=C1C2CC3CC1CN(C3)C2. The summed E-state index contributed by atoms with van der Waals surface area (Å²) in [5, 5.41) is 2.92. The maximum atomic E-state index is 12.4. The van der Waals surface area contributed by atoms with E-state index in [1.54, 1.807) is 0 Å². The third-order valence-corrected chi connectivity index (χ3v) is 5.18. The summed E-state index contributed by atoms with van der Waals surface area (Å²) in [5.41, 5.74) is 2.50. The first-order chi connectivity index (χ1) is 10.2. The summed E-state index contributed by atoms with van der Waals surface area (Å²) >= 11 is 0. The van der Waals surface area contributed by atoms with Crippen molar-refractivity contribution in [1.29, 1.82) is 0 Å². The van der Waals surface area contributed by atoms with E-state index >= 15 is 0 Å². The summed E-state index contributed by atoms with van der Waals surface area (Å²) in [6, 6.07) is 9.53. The molecule has 4 aliphatic rings. The topological polar surface area (TPSA) is 32.3 Å². The number of benzene rings is 1. The van der Waals surface area contributed by atoms with E-state index in [1.165, 1.54) is 25.0 Å². The van der Waals surface area contributed by atoms with Crippen LogP contribution in [-0.4, -0.2) is 38.3 Å². The number of para-hydroxylation sites is 1. The van der Waals surface area contributed by atoms with Crippen molar-refractivity contribution < 1.29 is 4.79 Å². The van der Waals surface area contributed by atoms with Crippen LogP contribution in [0, 0.1) is 17.8 Å². The summed E-state index contributed by atoms with van der Waals surface area (Å²) in [4.78, 5) is 15.0. The van der Waals surface area contributed by atoms with Crippen molar-refractivity contribution in [1.82, 2.24) is 4.90 Å². The van der Waals surface area contributed by atoms with Crippen molar-refractivity contribution in [3.05, 3.63) is 41.4 Å². The molecule has 1 N–H and O–H groups in total. The van der Waals surface area contributed by atoms with Gasteiger partial charge in [0.15, 0.2) is 0 Å². The number of anilines is 1. The van der Waals surface area contributed by atoms with E-state index < -0.39 is 0 Å². The highest BCUT2D eigenvalue weighted by molar-refractivity contribution is 6.39. The Bertz CT molecular complexity index is 566. The van der Waals surface area contributed by atoms with Gasteiger partial charge in [-0.3, -0.25) is 4.79 Å². The summed E-state index contributed by atoms with van der Waals surface area (Å²) in [7, 11) is 6.24. The van der Waals surface area contributed by atoms with Gasteiger partial charge in [-0.15, -0.1) is 0 Å². The number of nitrogens with one attached hydrogen (secondary N) is 1. The predicted octanol–water partition coefficient (Wildman–Crippen LogP) is 2.02. The lowest BCUT2D eigenvalue weighted by molar-refractivity contribution is -0.112. The average Bonchev–Trinajstić information content (AvgIpc) is 2.47. The van der Waals surface area contributed by atoms with Gasteiger partial charge in [0.25, 0.3) is 0 Å². The number of nitrogens with zero attached hydrogens (tertiary/aromatic N) is 1. The number of hydrogen-bond donors (Lipinski definition) is 1. The number of carbonyl (C=O) groups is 1. The standard InChI is InChI=1S/C17H19BN2O/c18-16(17(21)19-14-4-2-1-3-5-14)15-12-6-11-7-13(15)10-20(8-11)9-12/h1-5,11-13H,6-10H2,(H,19,21). The Kier molecular flexibility index (Phi) is 3.14. The lowest BCUT2D eigenvalue weighted by atomic mass is 9.62. The molecule has 5 rings (SSSR count). The van der Waals surface area contributed by atoms with Crippen LogP contribution in [0.25, 0.3) is 0 Å². The smallest absolute Gasteiger partial charge is 0.241 e. The monoisotopic (exact) mass is 278 g/mol. The number of amides is 1. The molecule has 2 unspecified atom stereocenters. The molecule has 0 spiro atoms. The molecule has 4 heteroatoms. The van der Waals surface area contributed by atoms with Crippen LogP contribution in [0.2, 0.25) is 0 Å². The minimum atomic E-state index is -0.140. The van der Waals surface area contributed by atoms with Crippen molar-refractivity contribution >= 4 is 19.4 Å². The molecule has 2 radical (unpaired) electrons. The van der Waals surface area contributed by atoms with Crippen LogP contribution in [0.4, 0.5) is 5.69 Å². The second-order valence-electron chi connectivity index (χ2n) is 6.64. The molecule has 0 aromatic heterocycles. The van der Waals surface area contributed by atoms with Crippen molar-refractivity contribution in [2.45, 2.75) is 12.8 Å². The van der Waals surface area contributed by atoms with Gasteiger partial charge in [0, 0.05) is 25.3 Å². The Balaban J connectivity index is 1.58. The van der Waals surface area contributed by atoms with E-state index in [1.807, 2.05) is 30.3 Å². The van der Waals surface area contributed by atoms with Gasteiger partial charge in [-0.2, -0.15) is 0 Å². The zero-order valence-electron chi connectivity index (χ0n) is 12.1. The van der Waals surface area contributed by atoms with Crippen LogP contribution < -0.4 is 5.32 Å². The van der Waals surface area contributed by atoms with Crippen molar-refractivity contribution in [2.75, 3.05) is 25.0 Å². The molecular formula is C17H19BN2O. The van der Waals surface area contributed by atoms with Crippen LogP contribution >= 0.6 is 0 Å². The minimum Gasteiger partial charge on any atom is -0.323 e. The Morgan fingerprint density at radius 2 is 1.76 bits per heavy atom. The van der Waals surface area contributed by atoms with Gasteiger partial charge in [-0.25, -0.2) is 0 Å². The molecule has 3 saturated heterocycles. The van der Waals surface area contributed by atoms with Gasteiger partial charge in [0.1, 0.15) is 7.85 Å². The van der Waals surface area contributed by atoms with Gasteiger partial charge in [-0.05, 0) is 48.2 Å². The lowest BCUT2D eigenvalue weighted by Crippen LogP contribution is -2.55. The van der Waals surface area contributed by atoms with Crippen molar-refractivity contribution in [2.24, 2.45) is 17.8 Å². The molecule has 1 aliphatic carbocycles. The summed E-state index contributed by atoms with van der Waals surface area (Å²) < 4.78 is 0. The molecule has 106 valence electrons. The normalized spacial score (nSPS) is 33.0. The average molecular weight is 278 g/mol. The van der Waals surface area contributed by atoms with E-state index in [9.17, 15) is 4.79 Å². The number of carbonyl (C=O) groups excluding carboxylic acids is 1. The molecule has 4 fully saturated rings. The van der Waals surface area contributed by atoms with Gasteiger partial charge in [0.05, 0.1) is 0 Å². The van der Waals surface area contributed by atoms with Gasteiger partial charge in [0.2, 0.25) is 5.91 Å². The summed E-state index contributed by atoms with van der Waals surface area (Å²) in [6.07, 6.45) is 2.42. The zero-order valence-corrected chi connectivity index (χ0v) is 12.1. The Hall–Kier alpha value is -1.55. The molecule has 1 aromatic rings. The highest BCUT2D eigenvalue weighted by Crippen LogP contribution is 2.47. The second-order valence-corrected chi connectivity index (χ2v) is 6.64. The van der Waals surface area contributed by atoms with E-state index in [0.29, 0.717) is 17.3 Å². The van der Waals surface area contributed by atoms with Gasteiger partial charge >= 0.3 is 0 Å². The summed E-state index contributed by atoms with van der Waals surface area (Å²) in [5.74, 6) is 1.67. The quantitative estimate of drug-likeness (QED) is 0.663. The fraction of sp³-hybridized carbons (Fsp3) is 0.471. The minimum absolute atomic E-state index is 0.140.